The highest BCUT2D eigenvalue weighted by atomic mass is 16.6. The molecule has 0 saturated carbocycles. The van der Waals surface area contributed by atoms with Crippen LogP contribution in [0.1, 0.15) is 26.3 Å². The third-order valence-electron chi connectivity index (χ3n) is 3.15. The van der Waals surface area contributed by atoms with E-state index in [4.69, 9.17) is 0 Å². The molecule has 1 unspecified atom stereocenters. The predicted molar refractivity (Wildman–Crippen MR) is 76.8 cm³/mol. The Hall–Kier alpha value is -2.24. The second-order valence-electron chi connectivity index (χ2n) is 5.78. The number of rotatable bonds is 5. The van der Waals surface area contributed by atoms with Crippen LogP contribution in [-0.2, 0) is 20.7 Å². The topological polar surface area (TPSA) is 86.5 Å². The zero-order valence-corrected chi connectivity index (χ0v) is 12.6. The monoisotopic (exact) mass is 293 g/mol. The summed E-state index contributed by atoms with van der Waals surface area (Å²) in [5.74, 6) is -2.02. The van der Waals surface area contributed by atoms with Crippen LogP contribution < -0.4 is 0 Å². The maximum absolute atomic E-state index is 12.4. The van der Waals surface area contributed by atoms with Gasteiger partial charge in [0.1, 0.15) is 5.92 Å². The van der Waals surface area contributed by atoms with E-state index >= 15 is 0 Å². The zero-order chi connectivity index (χ0) is 16.2. The van der Waals surface area contributed by atoms with E-state index < -0.39 is 22.2 Å². The number of nitro benzene ring substituents is 1. The van der Waals surface area contributed by atoms with E-state index in [1.54, 1.807) is 39.0 Å². The van der Waals surface area contributed by atoms with E-state index in [2.05, 4.69) is 4.74 Å². The number of ether oxygens (including phenoxy) is 1. The second kappa shape index (κ2) is 6.47. The van der Waals surface area contributed by atoms with Gasteiger partial charge in [-0.15, -0.1) is 0 Å². The molecule has 0 aliphatic carbocycles. The van der Waals surface area contributed by atoms with Crippen LogP contribution in [0.15, 0.2) is 24.3 Å². The Bertz CT molecular complexity index is 559. The minimum atomic E-state index is -1.05. The number of methoxy groups -OCH3 is 1. The van der Waals surface area contributed by atoms with E-state index in [0.29, 0.717) is 5.56 Å². The van der Waals surface area contributed by atoms with Crippen molar-refractivity contribution in [3.8, 4) is 0 Å². The summed E-state index contributed by atoms with van der Waals surface area (Å²) in [6, 6.07) is 6.08. The van der Waals surface area contributed by atoms with Crippen LogP contribution in [0, 0.1) is 21.4 Å². The minimum Gasteiger partial charge on any atom is -0.468 e. The molecule has 6 nitrogen and oxygen atoms in total. The highest BCUT2D eigenvalue weighted by Crippen LogP contribution is 2.27. The SMILES string of the molecule is COC(=O)C(Cc1ccccc1[N+](=O)[O-])C(=O)C(C)(C)C. The lowest BCUT2D eigenvalue weighted by atomic mass is 9.80. The maximum atomic E-state index is 12.4. The van der Waals surface area contributed by atoms with Crippen molar-refractivity contribution >= 4 is 17.4 Å². The molecule has 0 fully saturated rings. The Balaban J connectivity index is 3.17. The molecule has 0 N–H and O–H groups in total. The van der Waals surface area contributed by atoms with Gasteiger partial charge in [-0.05, 0) is 6.42 Å². The molecule has 1 aromatic carbocycles. The summed E-state index contributed by atoms with van der Waals surface area (Å²) in [6.07, 6.45) is -0.0417. The highest BCUT2D eigenvalue weighted by molar-refractivity contribution is 6.01. The molecule has 6 heteroatoms. The number of nitro groups is 1. The van der Waals surface area contributed by atoms with Crippen LogP contribution in [0.2, 0.25) is 0 Å². The lowest BCUT2D eigenvalue weighted by Gasteiger charge is -2.22. The van der Waals surface area contributed by atoms with E-state index in [9.17, 15) is 19.7 Å². The summed E-state index contributed by atoms with van der Waals surface area (Å²) in [7, 11) is 1.20. The summed E-state index contributed by atoms with van der Waals surface area (Å²) in [6.45, 7) is 5.10. The van der Waals surface area contributed by atoms with Crippen LogP contribution in [-0.4, -0.2) is 23.8 Å². The molecule has 0 spiro atoms. The molecule has 0 saturated heterocycles. The van der Waals surface area contributed by atoms with Gasteiger partial charge in [-0.25, -0.2) is 0 Å². The quantitative estimate of drug-likeness (QED) is 0.360. The average molecular weight is 293 g/mol. The third kappa shape index (κ3) is 4.11. The molecule has 1 atom stereocenters. The molecule has 0 aliphatic rings. The highest BCUT2D eigenvalue weighted by Gasteiger charge is 2.36. The van der Waals surface area contributed by atoms with Gasteiger partial charge in [0.2, 0.25) is 0 Å². The van der Waals surface area contributed by atoms with Gasteiger partial charge in [-0.2, -0.15) is 0 Å². The standard InChI is InChI=1S/C15H19NO5/c1-15(2,3)13(17)11(14(18)21-4)9-10-7-5-6-8-12(10)16(19)20/h5-8,11H,9H2,1-4H3. The number of carbonyl (C=O) groups is 2. The fourth-order valence-corrected chi connectivity index (χ4v) is 2.03. The van der Waals surface area contributed by atoms with E-state index in [1.165, 1.54) is 13.2 Å². The van der Waals surface area contributed by atoms with Crippen molar-refractivity contribution in [3.63, 3.8) is 0 Å². The fraction of sp³-hybridized carbons (Fsp3) is 0.467. The molecule has 0 aliphatic heterocycles. The molecular formula is C15H19NO5. The summed E-state index contributed by atoms with van der Waals surface area (Å²) in [5, 5.41) is 11.0. The molecule has 1 aromatic rings. The number of para-hydroxylation sites is 1. The number of carbonyl (C=O) groups excluding carboxylic acids is 2. The number of nitrogens with zero attached hydrogens (tertiary/aromatic N) is 1. The number of hydrogen-bond donors (Lipinski definition) is 0. The Morgan fingerprint density at radius 2 is 1.86 bits per heavy atom. The van der Waals surface area contributed by atoms with Gasteiger partial charge < -0.3 is 4.74 Å². The van der Waals surface area contributed by atoms with Crippen LogP contribution in [0.3, 0.4) is 0 Å². The molecule has 0 amide bonds. The van der Waals surface area contributed by atoms with Crippen LogP contribution in [0.5, 0.6) is 0 Å². The lowest BCUT2D eigenvalue weighted by Crippen LogP contribution is -2.35. The van der Waals surface area contributed by atoms with Gasteiger partial charge >= 0.3 is 5.97 Å². The molecule has 0 bridgehead atoms. The Morgan fingerprint density at radius 3 is 2.33 bits per heavy atom. The molecule has 114 valence electrons. The Kier molecular flexibility index (Phi) is 5.18. The summed E-state index contributed by atoms with van der Waals surface area (Å²) < 4.78 is 4.67. The second-order valence-corrected chi connectivity index (χ2v) is 5.78. The first-order chi connectivity index (χ1) is 9.68. The summed E-state index contributed by atoms with van der Waals surface area (Å²) in [4.78, 5) is 34.7. The van der Waals surface area contributed by atoms with E-state index in [1.807, 2.05) is 0 Å². The smallest absolute Gasteiger partial charge is 0.316 e. The first-order valence-corrected chi connectivity index (χ1v) is 6.53. The van der Waals surface area contributed by atoms with E-state index in [0.717, 1.165) is 0 Å². The van der Waals surface area contributed by atoms with Gasteiger partial charge in [-0.3, -0.25) is 19.7 Å². The third-order valence-corrected chi connectivity index (χ3v) is 3.15. The van der Waals surface area contributed by atoms with E-state index in [-0.39, 0.29) is 17.9 Å². The molecule has 1 rings (SSSR count). The zero-order valence-electron chi connectivity index (χ0n) is 12.6. The molecule has 0 heterocycles. The first-order valence-electron chi connectivity index (χ1n) is 6.53. The molecule has 0 aromatic heterocycles. The number of ketones is 1. The van der Waals surface area contributed by atoms with Crippen molar-refractivity contribution < 1.29 is 19.2 Å². The van der Waals surface area contributed by atoms with Gasteiger partial charge in [-0.1, -0.05) is 39.0 Å². The first kappa shape index (κ1) is 16.8. The molecule has 0 radical (unpaired) electrons. The minimum absolute atomic E-state index is 0.0417. The van der Waals surface area contributed by atoms with Gasteiger partial charge in [0.05, 0.1) is 12.0 Å². The maximum Gasteiger partial charge on any atom is 0.316 e. The summed E-state index contributed by atoms with van der Waals surface area (Å²) >= 11 is 0. The number of benzene rings is 1. The predicted octanol–water partition coefficient (Wildman–Crippen LogP) is 2.54. The average Bonchev–Trinajstić information content (AvgIpc) is 2.42. The number of hydrogen-bond acceptors (Lipinski definition) is 5. The molecule has 21 heavy (non-hydrogen) atoms. The van der Waals surface area contributed by atoms with Crippen molar-refractivity contribution in [2.75, 3.05) is 7.11 Å². The molecular weight excluding hydrogens is 274 g/mol. The van der Waals surface area contributed by atoms with Crippen molar-refractivity contribution in [2.45, 2.75) is 27.2 Å². The van der Waals surface area contributed by atoms with Gasteiger partial charge in [0, 0.05) is 17.0 Å². The van der Waals surface area contributed by atoms with Crippen LogP contribution in [0.4, 0.5) is 5.69 Å². The van der Waals surface area contributed by atoms with Gasteiger partial charge in [0.15, 0.2) is 5.78 Å². The van der Waals surface area contributed by atoms with Crippen LogP contribution in [0.25, 0.3) is 0 Å². The Morgan fingerprint density at radius 1 is 1.29 bits per heavy atom. The van der Waals surface area contributed by atoms with Crippen molar-refractivity contribution in [2.24, 2.45) is 11.3 Å². The largest absolute Gasteiger partial charge is 0.468 e. The Labute approximate surface area is 123 Å². The van der Waals surface area contributed by atoms with Crippen LogP contribution >= 0.6 is 0 Å². The number of Topliss-reactive ketones (excluding diaryl/α,β-unsaturated/α-hetero) is 1. The van der Waals surface area contributed by atoms with Gasteiger partial charge in [0.25, 0.3) is 5.69 Å². The van der Waals surface area contributed by atoms with Crippen molar-refractivity contribution in [1.29, 1.82) is 0 Å². The van der Waals surface area contributed by atoms with Crippen molar-refractivity contribution in [3.05, 3.63) is 39.9 Å². The lowest BCUT2D eigenvalue weighted by molar-refractivity contribution is -0.385. The fourth-order valence-electron chi connectivity index (χ4n) is 2.03. The van der Waals surface area contributed by atoms with Crippen molar-refractivity contribution in [1.82, 2.24) is 0 Å². The normalized spacial score (nSPS) is 12.6. The number of esters is 1. The summed E-state index contributed by atoms with van der Waals surface area (Å²) in [5.41, 5.74) is -0.494.